The van der Waals surface area contributed by atoms with Crippen molar-refractivity contribution in [2.45, 2.75) is 24.6 Å². The normalized spacial score (nSPS) is 19.2. The van der Waals surface area contributed by atoms with Crippen molar-refractivity contribution in [3.05, 3.63) is 30.2 Å². The van der Waals surface area contributed by atoms with Crippen LogP contribution in [-0.2, 0) is 9.95 Å². The largest absolute Gasteiger partial charge is 0.400 e. The summed E-state index contributed by atoms with van der Waals surface area (Å²) >= 11 is 4.86. The van der Waals surface area contributed by atoms with Crippen LogP contribution < -0.4 is 5.30 Å². The van der Waals surface area contributed by atoms with Crippen LogP contribution in [0.2, 0.25) is 0 Å². The minimum Gasteiger partial charge on any atom is -0.331 e. The van der Waals surface area contributed by atoms with Gasteiger partial charge in [0, 0.05) is 30.6 Å². The van der Waals surface area contributed by atoms with E-state index in [0.717, 1.165) is 31.2 Å². The van der Waals surface area contributed by atoms with Crippen LogP contribution in [0.4, 0.5) is 8.78 Å². The third kappa shape index (κ3) is 3.53. The Labute approximate surface area is 143 Å². The molecule has 0 radical (unpaired) electrons. The molecule has 0 aliphatic carbocycles. The standard InChI is InChI=1S/C15H17ClF2N3O2P/c1-24(22,21-9-3-2-4-10-21)12-7-5-11(6-8-12)13-19-14(23-20-13)15(16,17)18/h5-8H,2-4,9-10H2,1H3. The molecular weight excluding hydrogens is 359 g/mol. The highest BCUT2D eigenvalue weighted by molar-refractivity contribution is 7.68. The van der Waals surface area contributed by atoms with E-state index in [1.165, 1.54) is 6.42 Å². The van der Waals surface area contributed by atoms with Gasteiger partial charge in [0.15, 0.2) is 7.29 Å². The molecule has 24 heavy (non-hydrogen) atoms. The summed E-state index contributed by atoms with van der Waals surface area (Å²) in [5.41, 5.74) is 0.494. The van der Waals surface area contributed by atoms with Crippen LogP contribution in [-0.4, -0.2) is 34.6 Å². The SMILES string of the molecule is CP(=O)(c1ccc(-c2noc(C(F)(F)Cl)n2)cc1)N1CCCCC1. The van der Waals surface area contributed by atoms with Crippen LogP contribution in [0.3, 0.4) is 0 Å². The predicted molar refractivity (Wildman–Crippen MR) is 88.1 cm³/mol. The lowest BCUT2D eigenvalue weighted by Crippen LogP contribution is -2.30. The van der Waals surface area contributed by atoms with E-state index >= 15 is 0 Å². The van der Waals surface area contributed by atoms with Crippen LogP contribution in [0, 0.1) is 0 Å². The Kier molecular flexibility index (Phi) is 4.78. The Morgan fingerprint density at radius 1 is 1.21 bits per heavy atom. The summed E-state index contributed by atoms with van der Waals surface area (Å²) < 4.78 is 45.5. The summed E-state index contributed by atoms with van der Waals surface area (Å²) in [6.45, 7) is 3.41. The zero-order valence-electron chi connectivity index (χ0n) is 13.1. The Balaban J connectivity index is 1.82. The highest BCUT2D eigenvalue weighted by Gasteiger charge is 2.36. The van der Waals surface area contributed by atoms with Gasteiger partial charge < -0.3 is 9.09 Å². The number of halogens is 3. The van der Waals surface area contributed by atoms with E-state index in [9.17, 15) is 13.3 Å². The molecule has 5 nitrogen and oxygen atoms in total. The molecule has 2 heterocycles. The molecule has 0 bridgehead atoms. The van der Waals surface area contributed by atoms with Crippen molar-refractivity contribution in [1.29, 1.82) is 0 Å². The fourth-order valence-corrected chi connectivity index (χ4v) is 4.92. The molecule has 0 saturated carbocycles. The molecule has 9 heteroatoms. The van der Waals surface area contributed by atoms with Gasteiger partial charge in [-0.1, -0.05) is 23.7 Å². The van der Waals surface area contributed by atoms with Crippen molar-refractivity contribution >= 4 is 24.2 Å². The van der Waals surface area contributed by atoms with E-state index in [0.29, 0.717) is 5.56 Å². The third-order valence-electron chi connectivity index (χ3n) is 4.15. The number of alkyl halides is 3. The van der Waals surface area contributed by atoms with Crippen LogP contribution in [0.25, 0.3) is 11.4 Å². The summed E-state index contributed by atoms with van der Waals surface area (Å²) in [6, 6.07) is 6.74. The summed E-state index contributed by atoms with van der Waals surface area (Å²) in [4.78, 5) is 3.59. The van der Waals surface area contributed by atoms with Gasteiger partial charge in [0.2, 0.25) is 5.82 Å². The summed E-state index contributed by atoms with van der Waals surface area (Å²) in [6.07, 6.45) is 3.27. The predicted octanol–water partition coefficient (Wildman–Crippen LogP) is 4.04. The fourth-order valence-electron chi connectivity index (χ4n) is 2.77. The van der Waals surface area contributed by atoms with E-state index in [-0.39, 0.29) is 5.82 Å². The lowest BCUT2D eigenvalue weighted by atomic mass is 10.2. The Hall–Kier alpha value is -1.30. The van der Waals surface area contributed by atoms with E-state index in [1.54, 1.807) is 30.9 Å². The molecule has 1 aliphatic heterocycles. The highest BCUT2D eigenvalue weighted by atomic mass is 35.5. The molecule has 1 atom stereocenters. The molecule has 1 aromatic carbocycles. The van der Waals surface area contributed by atoms with Crippen molar-refractivity contribution < 1.29 is 17.9 Å². The maximum Gasteiger partial charge on any atom is 0.400 e. The average molecular weight is 376 g/mol. The number of piperidine rings is 1. The monoisotopic (exact) mass is 375 g/mol. The Morgan fingerprint density at radius 3 is 2.38 bits per heavy atom. The maximum absolute atomic E-state index is 13.1. The van der Waals surface area contributed by atoms with Crippen molar-refractivity contribution in [3.8, 4) is 11.4 Å². The molecule has 1 unspecified atom stereocenters. The molecule has 3 rings (SSSR count). The van der Waals surface area contributed by atoms with Gasteiger partial charge in [0.1, 0.15) is 0 Å². The van der Waals surface area contributed by atoms with Crippen LogP contribution in [0.15, 0.2) is 28.8 Å². The van der Waals surface area contributed by atoms with Gasteiger partial charge in [0.25, 0.3) is 0 Å². The number of rotatable bonds is 4. The first-order valence-electron chi connectivity index (χ1n) is 7.63. The molecule has 2 aromatic rings. The molecule has 0 amide bonds. The number of aromatic nitrogens is 2. The van der Waals surface area contributed by atoms with Gasteiger partial charge in [-0.05, 0) is 36.6 Å². The smallest absolute Gasteiger partial charge is 0.331 e. The van der Waals surface area contributed by atoms with Gasteiger partial charge >= 0.3 is 11.3 Å². The first-order chi connectivity index (χ1) is 11.3. The number of benzene rings is 1. The zero-order valence-corrected chi connectivity index (χ0v) is 14.7. The lowest BCUT2D eigenvalue weighted by Gasteiger charge is -2.32. The van der Waals surface area contributed by atoms with E-state index in [4.69, 9.17) is 11.6 Å². The second-order valence-electron chi connectivity index (χ2n) is 5.86. The van der Waals surface area contributed by atoms with Crippen LogP contribution >= 0.6 is 18.9 Å². The number of nitrogens with zero attached hydrogens (tertiary/aromatic N) is 3. The van der Waals surface area contributed by atoms with Crippen molar-refractivity contribution in [2.24, 2.45) is 0 Å². The van der Waals surface area contributed by atoms with Crippen molar-refractivity contribution in [2.75, 3.05) is 19.8 Å². The summed E-state index contributed by atoms with van der Waals surface area (Å²) in [7, 11) is -2.63. The topological polar surface area (TPSA) is 59.2 Å². The number of hydrogen-bond acceptors (Lipinski definition) is 4. The van der Waals surface area contributed by atoms with Crippen LogP contribution in [0.5, 0.6) is 0 Å². The molecule has 1 aliphatic rings. The molecule has 1 fully saturated rings. The second kappa shape index (κ2) is 6.54. The average Bonchev–Trinajstić information content (AvgIpc) is 3.06. The minimum absolute atomic E-state index is 0.0146. The third-order valence-corrected chi connectivity index (χ3v) is 7.04. The first-order valence-corrected chi connectivity index (χ1v) is 10.1. The lowest BCUT2D eigenvalue weighted by molar-refractivity contribution is 0.0551. The maximum atomic E-state index is 13.1. The minimum atomic E-state index is -3.70. The molecule has 1 aromatic heterocycles. The number of hydrogen-bond donors (Lipinski definition) is 0. The Morgan fingerprint density at radius 2 is 1.83 bits per heavy atom. The summed E-state index contributed by atoms with van der Waals surface area (Å²) in [5.74, 6) is -0.932. The zero-order chi connectivity index (χ0) is 17.4. The Bertz CT molecular complexity index is 755. The molecule has 130 valence electrons. The molecule has 0 N–H and O–H groups in total. The second-order valence-corrected chi connectivity index (χ2v) is 9.18. The van der Waals surface area contributed by atoms with Gasteiger partial charge in [-0.25, -0.2) is 4.67 Å². The first kappa shape index (κ1) is 17.5. The summed E-state index contributed by atoms with van der Waals surface area (Å²) in [5, 5.41) is 0.531. The van der Waals surface area contributed by atoms with Gasteiger partial charge in [0.05, 0.1) is 0 Å². The quantitative estimate of drug-likeness (QED) is 0.596. The van der Waals surface area contributed by atoms with E-state index in [2.05, 4.69) is 14.7 Å². The van der Waals surface area contributed by atoms with Gasteiger partial charge in [-0.3, -0.25) is 0 Å². The van der Waals surface area contributed by atoms with E-state index < -0.39 is 18.6 Å². The highest BCUT2D eigenvalue weighted by Crippen LogP contribution is 2.46. The van der Waals surface area contributed by atoms with Crippen molar-refractivity contribution in [3.63, 3.8) is 0 Å². The van der Waals surface area contributed by atoms with Gasteiger partial charge in [-0.15, -0.1) is 0 Å². The molecule has 0 spiro atoms. The van der Waals surface area contributed by atoms with Gasteiger partial charge in [-0.2, -0.15) is 13.8 Å². The molecule has 1 saturated heterocycles. The molecular formula is C15H17ClF2N3O2P. The van der Waals surface area contributed by atoms with Crippen LogP contribution in [0.1, 0.15) is 25.2 Å². The van der Waals surface area contributed by atoms with E-state index in [1.807, 2.05) is 4.67 Å². The van der Waals surface area contributed by atoms with Crippen molar-refractivity contribution in [1.82, 2.24) is 14.8 Å². The fraction of sp³-hybridized carbons (Fsp3) is 0.467.